The predicted molar refractivity (Wildman–Crippen MR) is 66.3 cm³/mol. The van der Waals surface area contributed by atoms with Crippen molar-refractivity contribution in [1.82, 2.24) is 9.71 Å². The first-order valence-electron chi connectivity index (χ1n) is 5.58. The molecule has 0 bridgehead atoms. The lowest BCUT2D eigenvalue weighted by Crippen LogP contribution is -2.24. The Kier molecular flexibility index (Phi) is 3.78. The average Bonchev–Trinajstić information content (AvgIpc) is 2.89. The second-order valence-corrected chi connectivity index (χ2v) is 5.50. The number of oxazole rings is 1. The van der Waals surface area contributed by atoms with E-state index in [-0.39, 0.29) is 6.54 Å². The maximum atomic E-state index is 12.1. The number of hydrogen-bond donors (Lipinski definition) is 1. The number of sulfonamides is 1. The molecule has 0 saturated carbocycles. The second kappa shape index (κ2) is 5.32. The van der Waals surface area contributed by atoms with Crippen LogP contribution in [0.4, 0.5) is 0 Å². The van der Waals surface area contributed by atoms with Gasteiger partial charge in [-0.05, 0) is 18.1 Å². The number of aromatic nitrogens is 1. The summed E-state index contributed by atoms with van der Waals surface area (Å²) in [6.07, 6.45) is 3.35. The van der Waals surface area contributed by atoms with Gasteiger partial charge in [-0.25, -0.2) is 18.1 Å². The van der Waals surface area contributed by atoms with Crippen molar-refractivity contribution in [2.24, 2.45) is 0 Å². The normalized spacial score (nSPS) is 11.6. The lowest BCUT2D eigenvalue weighted by molar-refractivity contribution is 0.555. The molecule has 1 N–H and O–H groups in total. The molecule has 0 atom stereocenters. The van der Waals surface area contributed by atoms with E-state index >= 15 is 0 Å². The number of rotatable bonds is 5. The summed E-state index contributed by atoms with van der Waals surface area (Å²) >= 11 is 0. The Morgan fingerprint density at radius 1 is 1.33 bits per heavy atom. The van der Waals surface area contributed by atoms with Gasteiger partial charge in [-0.2, -0.15) is 0 Å². The molecule has 96 valence electrons. The standard InChI is InChI=1S/C12H14N2O3S/c1-2-10-5-3-4-6-12(10)18(15,16)14-7-11-8-17-9-13-11/h3-6,8-9,14H,2,7H2,1H3. The first-order chi connectivity index (χ1) is 8.63. The predicted octanol–water partition coefficient (Wildman–Crippen LogP) is 1.72. The zero-order valence-corrected chi connectivity index (χ0v) is 10.8. The van der Waals surface area contributed by atoms with Gasteiger partial charge in [0.25, 0.3) is 0 Å². The van der Waals surface area contributed by atoms with E-state index in [1.54, 1.807) is 12.1 Å². The molecular weight excluding hydrogens is 252 g/mol. The highest BCUT2D eigenvalue weighted by Crippen LogP contribution is 2.15. The van der Waals surface area contributed by atoms with Crippen molar-refractivity contribution in [3.63, 3.8) is 0 Å². The van der Waals surface area contributed by atoms with Crippen molar-refractivity contribution in [2.45, 2.75) is 24.8 Å². The Morgan fingerprint density at radius 3 is 2.78 bits per heavy atom. The van der Waals surface area contributed by atoms with Crippen molar-refractivity contribution in [2.75, 3.05) is 0 Å². The number of hydrogen-bond acceptors (Lipinski definition) is 4. The molecule has 0 aliphatic rings. The van der Waals surface area contributed by atoms with Crippen LogP contribution in [-0.4, -0.2) is 13.4 Å². The van der Waals surface area contributed by atoms with Crippen LogP contribution in [0, 0.1) is 0 Å². The van der Waals surface area contributed by atoms with E-state index in [1.807, 2.05) is 19.1 Å². The van der Waals surface area contributed by atoms with Crippen molar-refractivity contribution in [3.8, 4) is 0 Å². The third-order valence-corrected chi connectivity index (χ3v) is 4.07. The Labute approximate surface area is 106 Å². The summed E-state index contributed by atoms with van der Waals surface area (Å²) in [6.45, 7) is 2.04. The fraction of sp³-hybridized carbons (Fsp3) is 0.250. The fourth-order valence-electron chi connectivity index (χ4n) is 1.63. The van der Waals surface area contributed by atoms with Crippen LogP contribution in [0.15, 0.2) is 46.2 Å². The fourth-order valence-corrected chi connectivity index (χ4v) is 2.94. The molecule has 5 nitrogen and oxygen atoms in total. The third-order valence-electron chi connectivity index (χ3n) is 2.57. The van der Waals surface area contributed by atoms with Crippen LogP contribution in [0.1, 0.15) is 18.2 Å². The van der Waals surface area contributed by atoms with Gasteiger partial charge in [0.15, 0.2) is 6.39 Å². The van der Waals surface area contributed by atoms with Gasteiger partial charge in [-0.15, -0.1) is 0 Å². The summed E-state index contributed by atoms with van der Waals surface area (Å²) in [5.41, 5.74) is 1.35. The van der Waals surface area contributed by atoms with Gasteiger partial charge in [-0.3, -0.25) is 0 Å². The second-order valence-electron chi connectivity index (χ2n) is 3.77. The quantitative estimate of drug-likeness (QED) is 0.894. The average molecular weight is 266 g/mol. The summed E-state index contributed by atoms with van der Waals surface area (Å²) < 4.78 is 31.6. The Morgan fingerprint density at radius 2 is 2.11 bits per heavy atom. The maximum Gasteiger partial charge on any atom is 0.241 e. The van der Waals surface area contributed by atoms with Crippen LogP contribution in [0.2, 0.25) is 0 Å². The number of nitrogens with one attached hydrogen (secondary N) is 1. The van der Waals surface area contributed by atoms with E-state index in [0.29, 0.717) is 17.0 Å². The monoisotopic (exact) mass is 266 g/mol. The van der Waals surface area contributed by atoms with Gasteiger partial charge in [0, 0.05) is 0 Å². The zero-order chi connectivity index (χ0) is 13.0. The smallest absolute Gasteiger partial charge is 0.241 e. The molecule has 0 radical (unpaired) electrons. The molecule has 2 rings (SSSR count). The lowest BCUT2D eigenvalue weighted by atomic mass is 10.2. The molecule has 2 aromatic rings. The molecule has 6 heteroatoms. The highest BCUT2D eigenvalue weighted by molar-refractivity contribution is 7.89. The minimum absolute atomic E-state index is 0.122. The third kappa shape index (κ3) is 2.77. The van der Waals surface area contributed by atoms with Crippen LogP contribution in [0.25, 0.3) is 0 Å². The molecular formula is C12H14N2O3S. The Hall–Kier alpha value is -1.66. The summed E-state index contributed by atoms with van der Waals surface area (Å²) in [4.78, 5) is 4.18. The van der Waals surface area contributed by atoms with Crippen LogP contribution >= 0.6 is 0 Å². The van der Waals surface area contributed by atoms with Crippen molar-refractivity contribution in [1.29, 1.82) is 0 Å². The molecule has 0 spiro atoms. The topological polar surface area (TPSA) is 72.2 Å². The van der Waals surface area contributed by atoms with E-state index < -0.39 is 10.0 Å². The van der Waals surface area contributed by atoms with Gasteiger partial charge in [0.2, 0.25) is 10.0 Å². The van der Waals surface area contributed by atoms with Crippen LogP contribution in [-0.2, 0) is 23.0 Å². The van der Waals surface area contributed by atoms with Crippen molar-refractivity contribution < 1.29 is 12.8 Å². The SMILES string of the molecule is CCc1ccccc1S(=O)(=O)NCc1cocn1. The highest BCUT2D eigenvalue weighted by atomic mass is 32.2. The maximum absolute atomic E-state index is 12.1. The molecule has 1 heterocycles. The van der Waals surface area contributed by atoms with Crippen molar-refractivity contribution in [3.05, 3.63) is 48.2 Å². The van der Waals surface area contributed by atoms with Gasteiger partial charge >= 0.3 is 0 Å². The largest absolute Gasteiger partial charge is 0.451 e. The lowest BCUT2D eigenvalue weighted by Gasteiger charge is -2.09. The summed E-state index contributed by atoms with van der Waals surface area (Å²) in [5.74, 6) is 0. The van der Waals surface area contributed by atoms with E-state index in [1.165, 1.54) is 12.7 Å². The van der Waals surface area contributed by atoms with E-state index in [4.69, 9.17) is 4.42 Å². The summed E-state index contributed by atoms with van der Waals surface area (Å²) in [7, 11) is -3.51. The minimum Gasteiger partial charge on any atom is -0.451 e. The molecule has 0 aliphatic heterocycles. The number of aryl methyl sites for hydroxylation is 1. The van der Waals surface area contributed by atoms with E-state index in [0.717, 1.165) is 5.56 Å². The highest BCUT2D eigenvalue weighted by Gasteiger charge is 2.17. The minimum atomic E-state index is -3.51. The molecule has 0 amide bonds. The van der Waals surface area contributed by atoms with Crippen molar-refractivity contribution >= 4 is 10.0 Å². The summed E-state index contributed by atoms with van der Waals surface area (Å²) in [5, 5.41) is 0. The molecule has 0 fully saturated rings. The van der Waals surface area contributed by atoms with E-state index in [9.17, 15) is 8.42 Å². The molecule has 0 saturated heterocycles. The van der Waals surface area contributed by atoms with Gasteiger partial charge in [0.05, 0.1) is 17.1 Å². The van der Waals surface area contributed by atoms with Gasteiger partial charge in [0.1, 0.15) is 6.26 Å². The number of benzene rings is 1. The summed E-state index contributed by atoms with van der Waals surface area (Å²) in [6, 6.07) is 6.95. The van der Waals surface area contributed by atoms with Crippen LogP contribution in [0.3, 0.4) is 0 Å². The molecule has 0 aliphatic carbocycles. The van der Waals surface area contributed by atoms with E-state index in [2.05, 4.69) is 9.71 Å². The van der Waals surface area contributed by atoms with Crippen LogP contribution < -0.4 is 4.72 Å². The zero-order valence-electron chi connectivity index (χ0n) is 9.96. The first kappa shape index (κ1) is 12.8. The van der Waals surface area contributed by atoms with Crippen LogP contribution in [0.5, 0.6) is 0 Å². The Bertz CT molecular complexity index is 606. The number of nitrogens with zero attached hydrogens (tertiary/aromatic N) is 1. The Balaban J connectivity index is 2.20. The first-order valence-corrected chi connectivity index (χ1v) is 7.06. The molecule has 18 heavy (non-hydrogen) atoms. The molecule has 1 aromatic heterocycles. The van der Waals surface area contributed by atoms with Gasteiger partial charge in [-0.1, -0.05) is 25.1 Å². The molecule has 0 unspecified atom stereocenters. The molecule has 1 aromatic carbocycles. The van der Waals surface area contributed by atoms with Gasteiger partial charge < -0.3 is 4.42 Å².